The second kappa shape index (κ2) is 8.41. The molecule has 1 aliphatic heterocycles. The zero-order chi connectivity index (χ0) is 18.7. The van der Waals surface area contributed by atoms with Gasteiger partial charge in [-0.2, -0.15) is 0 Å². The summed E-state index contributed by atoms with van der Waals surface area (Å²) in [6.07, 6.45) is 3.24. The third-order valence-corrected chi connectivity index (χ3v) is 5.98. The lowest BCUT2D eigenvalue weighted by molar-refractivity contribution is 0.313. The molecule has 3 rings (SSSR count). The lowest BCUT2D eigenvalue weighted by Gasteiger charge is -2.40. The molecule has 0 saturated heterocycles. The Hall–Kier alpha value is -1.58. The summed E-state index contributed by atoms with van der Waals surface area (Å²) < 4.78 is 14.6. The van der Waals surface area contributed by atoms with Crippen LogP contribution < -0.4 is 11.1 Å². The van der Waals surface area contributed by atoms with Crippen LogP contribution in [0.5, 0.6) is 0 Å². The lowest BCUT2D eigenvalue weighted by atomic mass is 9.73. The van der Waals surface area contributed by atoms with E-state index >= 15 is 0 Å². The summed E-state index contributed by atoms with van der Waals surface area (Å²) in [6.45, 7) is 5.19. The number of hydrogen-bond donors (Lipinski definition) is 2. The van der Waals surface area contributed by atoms with E-state index in [1.807, 2.05) is 24.3 Å². The lowest BCUT2D eigenvalue weighted by Crippen LogP contribution is -2.31. The average molecular weight is 375 g/mol. The summed E-state index contributed by atoms with van der Waals surface area (Å²) >= 11 is 6.14. The predicted octanol–water partition coefficient (Wildman–Crippen LogP) is 6.13. The van der Waals surface area contributed by atoms with Gasteiger partial charge in [0.2, 0.25) is 0 Å². The van der Waals surface area contributed by atoms with Crippen molar-refractivity contribution in [2.45, 2.75) is 45.1 Å². The van der Waals surface area contributed by atoms with E-state index in [4.69, 9.17) is 17.3 Å². The Labute approximate surface area is 160 Å². The monoisotopic (exact) mass is 374 g/mol. The third kappa shape index (κ3) is 4.05. The maximum absolute atomic E-state index is 14.6. The summed E-state index contributed by atoms with van der Waals surface area (Å²) in [5.41, 5.74) is 8.50. The summed E-state index contributed by atoms with van der Waals surface area (Å²) in [5, 5.41) is 3.95. The first kappa shape index (κ1) is 19.2. The molecular weight excluding hydrogens is 347 g/mol. The van der Waals surface area contributed by atoms with E-state index in [9.17, 15) is 4.39 Å². The fourth-order valence-corrected chi connectivity index (χ4v) is 4.41. The molecule has 1 heterocycles. The largest absolute Gasteiger partial charge is 0.375 e. The van der Waals surface area contributed by atoms with Gasteiger partial charge >= 0.3 is 0 Å². The molecule has 4 atom stereocenters. The first-order chi connectivity index (χ1) is 12.5. The van der Waals surface area contributed by atoms with Crippen molar-refractivity contribution in [1.29, 1.82) is 0 Å². The molecule has 3 N–H and O–H groups in total. The summed E-state index contributed by atoms with van der Waals surface area (Å²) in [6, 6.07) is 13.8. The van der Waals surface area contributed by atoms with Gasteiger partial charge in [0.1, 0.15) is 5.82 Å². The molecule has 26 heavy (non-hydrogen) atoms. The topological polar surface area (TPSA) is 38.0 Å². The van der Waals surface area contributed by atoms with Crippen LogP contribution in [0.2, 0.25) is 5.02 Å². The van der Waals surface area contributed by atoms with Gasteiger partial charge in [-0.3, -0.25) is 0 Å². The van der Waals surface area contributed by atoms with E-state index < -0.39 is 0 Å². The Morgan fingerprint density at radius 1 is 1.19 bits per heavy atom. The number of fused-ring (bicyclic) bond motifs is 1. The summed E-state index contributed by atoms with van der Waals surface area (Å²) in [7, 11) is 0. The highest BCUT2D eigenvalue weighted by molar-refractivity contribution is 6.30. The van der Waals surface area contributed by atoms with E-state index in [0.717, 1.165) is 31.4 Å². The van der Waals surface area contributed by atoms with Crippen molar-refractivity contribution >= 4 is 17.3 Å². The van der Waals surface area contributed by atoms with E-state index in [1.165, 1.54) is 11.6 Å². The van der Waals surface area contributed by atoms with E-state index in [0.29, 0.717) is 22.5 Å². The number of halogens is 2. The molecular formula is C22H28ClFN2. The van der Waals surface area contributed by atoms with Crippen molar-refractivity contribution < 1.29 is 4.39 Å². The zero-order valence-corrected chi connectivity index (χ0v) is 16.3. The van der Waals surface area contributed by atoms with Crippen LogP contribution in [-0.4, -0.2) is 6.54 Å². The Bertz CT molecular complexity index is 734. The van der Waals surface area contributed by atoms with Crippen LogP contribution in [0.15, 0.2) is 42.5 Å². The van der Waals surface area contributed by atoms with Gasteiger partial charge in [0.05, 0.1) is 11.7 Å². The zero-order valence-electron chi connectivity index (χ0n) is 15.5. The van der Waals surface area contributed by atoms with Crippen LogP contribution in [0.4, 0.5) is 10.1 Å². The van der Waals surface area contributed by atoms with Crippen LogP contribution >= 0.6 is 11.6 Å². The van der Waals surface area contributed by atoms with Gasteiger partial charge in [-0.05, 0) is 60.4 Å². The molecule has 2 aromatic carbocycles. The first-order valence-electron chi connectivity index (χ1n) is 9.51. The van der Waals surface area contributed by atoms with E-state index in [2.05, 4.69) is 31.3 Å². The molecule has 0 saturated carbocycles. The minimum atomic E-state index is -0.268. The molecule has 0 fully saturated rings. The second-order valence-corrected chi connectivity index (χ2v) is 8.03. The van der Waals surface area contributed by atoms with Crippen LogP contribution in [0.1, 0.15) is 56.2 Å². The SMILES string of the molecule is C[C@@H](CCN)CC[C@@H]1[C@H](C)c2cc(Cl)cc(F)c2N[C@H]1c1ccccc1. The number of nitrogens with one attached hydrogen (secondary N) is 1. The molecule has 0 bridgehead atoms. The molecule has 0 aliphatic carbocycles. The maximum atomic E-state index is 14.6. The Balaban J connectivity index is 1.94. The van der Waals surface area contributed by atoms with E-state index in [1.54, 1.807) is 0 Å². The normalized spacial score (nSPS) is 23.2. The van der Waals surface area contributed by atoms with Crippen molar-refractivity contribution in [3.8, 4) is 0 Å². The van der Waals surface area contributed by atoms with Crippen LogP contribution in [-0.2, 0) is 0 Å². The molecule has 0 unspecified atom stereocenters. The number of benzene rings is 2. The number of nitrogens with two attached hydrogens (primary N) is 1. The Kier molecular flexibility index (Phi) is 6.20. The molecule has 0 aromatic heterocycles. The Morgan fingerprint density at radius 2 is 1.92 bits per heavy atom. The number of rotatable bonds is 6. The number of anilines is 1. The van der Waals surface area contributed by atoms with Gasteiger partial charge in [-0.15, -0.1) is 0 Å². The highest BCUT2D eigenvalue weighted by Crippen LogP contribution is 2.48. The van der Waals surface area contributed by atoms with Crippen molar-refractivity contribution in [3.05, 3.63) is 64.4 Å². The van der Waals surface area contributed by atoms with Gasteiger partial charge < -0.3 is 11.1 Å². The molecule has 2 nitrogen and oxygen atoms in total. The van der Waals surface area contributed by atoms with Crippen molar-refractivity contribution in [2.24, 2.45) is 17.6 Å². The average Bonchev–Trinajstić information content (AvgIpc) is 2.62. The first-order valence-corrected chi connectivity index (χ1v) is 9.89. The maximum Gasteiger partial charge on any atom is 0.148 e. The minimum Gasteiger partial charge on any atom is -0.375 e. The molecule has 0 radical (unpaired) electrons. The Morgan fingerprint density at radius 3 is 2.62 bits per heavy atom. The standard InChI is InChI=1S/C22H28ClFN2/c1-14(10-11-25)8-9-18-15(2)19-12-17(23)13-20(24)22(19)26-21(18)16-6-4-3-5-7-16/h3-7,12-15,18,21,26H,8-11,25H2,1-2H3/t14-,15+,18-,21+/m1/s1. The predicted molar refractivity (Wildman–Crippen MR) is 108 cm³/mol. The molecule has 1 aliphatic rings. The third-order valence-electron chi connectivity index (χ3n) is 5.76. The fourth-order valence-electron chi connectivity index (χ4n) is 4.20. The van der Waals surface area contributed by atoms with Crippen molar-refractivity contribution in [3.63, 3.8) is 0 Å². The van der Waals surface area contributed by atoms with Crippen LogP contribution in [0.3, 0.4) is 0 Å². The fraction of sp³-hybridized carbons (Fsp3) is 0.455. The smallest absolute Gasteiger partial charge is 0.148 e. The van der Waals surface area contributed by atoms with Crippen molar-refractivity contribution in [2.75, 3.05) is 11.9 Å². The summed E-state index contributed by atoms with van der Waals surface area (Å²) in [4.78, 5) is 0. The quantitative estimate of drug-likeness (QED) is 0.638. The van der Waals surface area contributed by atoms with Crippen molar-refractivity contribution in [1.82, 2.24) is 0 Å². The van der Waals surface area contributed by atoms with Gasteiger partial charge in [0.15, 0.2) is 0 Å². The molecule has 0 amide bonds. The molecule has 140 valence electrons. The molecule has 4 heteroatoms. The second-order valence-electron chi connectivity index (χ2n) is 7.60. The van der Waals surface area contributed by atoms with E-state index in [-0.39, 0.29) is 17.8 Å². The van der Waals surface area contributed by atoms with Gasteiger partial charge in [0.25, 0.3) is 0 Å². The summed E-state index contributed by atoms with van der Waals surface area (Å²) in [5.74, 6) is 0.939. The molecule has 0 spiro atoms. The van der Waals surface area contributed by atoms with Gasteiger partial charge in [-0.25, -0.2) is 4.39 Å². The van der Waals surface area contributed by atoms with Gasteiger partial charge in [-0.1, -0.05) is 62.2 Å². The van der Waals surface area contributed by atoms with Gasteiger partial charge in [0, 0.05) is 5.02 Å². The van der Waals surface area contributed by atoms with Crippen LogP contribution in [0.25, 0.3) is 0 Å². The molecule has 2 aromatic rings. The number of hydrogen-bond acceptors (Lipinski definition) is 2. The minimum absolute atomic E-state index is 0.0967. The van der Waals surface area contributed by atoms with Crippen LogP contribution in [0, 0.1) is 17.7 Å². The highest BCUT2D eigenvalue weighted by Gasteiger charge is 2.36. The highest BCUT2D eigenvalue weighted by atomic mass is 35.5.